The quantitative estimate of drug-likeness (QED) is 0.556. The first-order chi connectivity index (χ1) is 15.5. The van der Waals surface area contributed by atoms with Crippen LogP contribution in [0.1, 0.15) is 31.2 Å². The van der Waals surface area contributed by atoms with Crippen molar-refractivity contribution in [1.82, 2.24) is 9.80 Å². The van der Waals surface area contributed by atoms with Crippen LogP contribution in [0.5, 0.6) is 11.5 Å². The first-order valence-electron chi connectivity index (χ1n) is 11.5. The van der Waals surface area contributed by atoms with Gasteiger partial charge in [-0.15, -0.1) is 0 Å². The third-order valence-electron chi connectivity index (χ3n) is 6.36. The standard InChI is InChI=1S/C25H32Cl2N2O3/c26-23-7-6-22(17-24(23)27)32-19-25(30)8-12-29(13-9-25)18-20-4-3-5-21(16-20)31-15-14-28-10-1-2-11-28/h3-7,16-17,30H,1-2,8-15,18-19H2. The molecular formula is C25H32Cl2N2O3. The monoisotopic (exact) mass is 478 g/mol. The summed E-state index contributed by atoms with van der Waals surface area (Å²) in [5.74, 6) is 1.56. The number of halogens is 2. The molecule has 4 rings (SSSR count). The van der Waals surface area contributed by atoms with Crippen LogP contribution in [0.2, 0.25) is 10.0 Å². The van der Waals surface area contributed by atoms with Crippen molar-refractivity contribution in [2.24, 2.45) is 0 Å². The summed E-state index contributed by atoms with van der Waals surface area (Å²) in [7, 11) is 0. The van der Waals surface area contributed by atoms with Crippen LogP contribution in [0.25, 0.3) is 0 Å². The van der Waals surface area contributed by atoms with Crippen LogP contribution in [0.3, 0.4) is 0 Å². The lowest BCUT2D eigenvalue weighted by Crippen LogP contribution is -2.47. The Morgan fingerprint density at radius 2 is 1.59 bits per heavy atom. The van der Waals surface area contributed by atoms with Crippen LogP contribution in [0, 0.1) is 0 Å². The number of likely N-dealkylation sites (tertiary alicyclic amines) is 2. The second-order valence-corrected chi connectivity index (χ2v) is 9.72. The Bertz CT molecular complexity index is 881. The van der Waals surface area contributed by atoms with Gasteiger partial charge in [0, 0.05) is 32.2 Å². The van der Waals surface area contributed by atoms with Gasteiger partial charge in [-0.05, 0) is 68.6 Å². The van der Waals surface area contributed by atoms with Crippen molar-refractivity contribution in [3.63, 3.8) is 0 Å². The maximum atomic E-state index is 10.9. The number of hydrogen-bond donors (Lipinski definition) is 1. The number of benzene rings is 2. The number of ether oxygens (including phenoxy) is 2. The van der Waals surface area contributed by atoms with Gasteiger partial charge in [0.05, 0.1) is 10.0 Å². The molecule has 0 saturated carbocycles. The van der Waals surface area contributed by atoms with Crippen molar-refractivity contribution in [2.45, 2.75) is 37.8 Å². The van der Waals surface area contributed by atoms with Crippen LogP contribution in [-0.2, 0) is 6.54 Å². The second kappa shape index (κ2) is 11.1. The number of rotatable bonds is 9. The summed E-state index contributed by atoms with van der Waals surface area (Å²) in [4.78, 5) is 4.83. The highest BCUT2D eigenvalue weighted by Gasteiger charge is 2.33. The van der Waals surface area contributed by atoms with Crippen molar-refractivity contribution in [1.29, 1.82) is 0 Å². The van der Waals surface area contributed by atoms with E-state index in [0.717, 1.165) is 38.5 Å². The minimum atomic E-state index is -0.830. The highest BCUT2D eigenvalue weighted by atomic mass is 35.5. The molecule has 2 fully saturated rings. The van der Waals surface area contributed by atoms with E-state index in [-0.39, 0.29) is 6.61 Å². The smallest absolute Gasteiger partial charge is 0.121 e. The molecule has 2 heterocycles. The van der Waals surface area contributed by atoms with Crippen molar-refractivity contribution in [2.75, 3.05) is 45.9 Å². The lowest BCUT2D eigenvalue weighted by Gasteiger charge is -2.38. The molecular weight excluding hydrogens is 447 g/mol. The SMILES string of the molecule is OC1(COc2ccc(Cl)c(Cl)c2)CCN(Cc2cccc(OCCN3CCCC3)c2)CC1. The molecule has 174 valence electrons. The van der Waals surface area contributed by atoms with Crippen molar-refractivity contribution in [3.8, 4) is 11.5 Å². The minimum absolute atomic E-state index is 0.249. The zero-order valence-electron chi connectivity index (χ0n) is 18.4. The Balaban J connectivity index is 1.21. The molecule has 5 nitrogen and oxygen atoms in total. The number of aliphatic hydroxyl groups is 1. The fourth-order valence-electron chi connectivity index (χ4n) is 4.35. The molecule has 0 amide bonds. The van der Waals surface area contributed by atoms with E-state index < -0.39 is 5.60 Å². The molecule has 7 heteroatoms. The largest absolute Gasteiger partial charge is 0.492 e. The predicted molar refractivity (Wildman–Crippen MR) is 129 cm³/mol. The molecule has 0 bridgehead atoms. The lowest BCUT2D eigenvalue weighted by molar-refractivity contribution is -0.0537. The molecule has 0 radical (unpaired) electrons. The minimum Gasteiger partial charge on any atom is -0.492 e. The summed E-state index contributed by atoms with van der Waals surface area (Å²) in [5.41, 5.74) is 0.407. The van der Waals surface area contributed by atoms with Crippen LogP contribution in [0.4, 0.5) is 0 Å². The van der Waals surface area contributed by atoms with E-state index in [2.05, 4.69) is 28.0 Å². The molecule has 0 atom stereocenters. The highest BCUT2D eigenvalue weighted by Crippen LogP contribution is 2.29. The average Bonchev–Trinajstić information content (AvgIpc) is 3.30. The van der Waals surface area contributed by atoms with E-state index in [0.29, 0.717) is 28.6 Å². The van der Waals surface area contributed by atoms with Crippen LogP contribution >= 0.6 is 23.2 Å². The van der Waals surface area contributed by atoms with Gasteiger partial charge >= 0.3 is 0 Å². The third-order valence-corrected chi connectivity index (χ3v) is 7.10. The fraction of sp³-hybridized carbons (Fsp3) is 0.520. The van der Waals surface area contributed by atoms with Gasteiger partial charge in [0.1, 0.15) is 30.3 Å². The topological polar surface area (TPSA) is 45.2 Å². The molecule has 0 unspecified atom stereocenters. The van der Waals surface area contributed by atoms with Crippen LogP contribution in [-0.4, -0.2) is 66.4 Å². The Labute approximate surface area is 200 Å². The predicted octanol–water partition coefficient (Wildman–Crippen LogP) is 4.87. The molecule has 32 heavy (non-hydrogen) atoms. The van der Waals surface area contributed by atoms with E-state index in [1.807, 2.05) is 6.07 Å². The van der Waals surface area contributed by atoms with E-state index in [9.17, 15) is 5.11 Å². The van der Waals surface area contributed by atoms with E-state index in [1.54, 1.807) is 18.2 Å². The third kappa shape index (κ3) is 6.75. The number of hydrogen-bond acceptors (Lipinski definition) is 5. The Morgan fingerprint density at radius 3 is 2.34 bits per heavy atom. The second-order valence-electron chi connectivity index (χ2n) is 8.91. The summed E-state index contributed by atoms with van der Waals surface area (Å²) in [6.07, 6.45) is 3.95. The Hall–Kier alpha value is -1.50. The first kappa shape index (κ1) is 23.7. The van der Waals surface area contributed by atoms with Gasteiger partial charge in [-0.3, -0.25) is 9.80 Å². The van der Waals surface area contributed by atoms with Gasteiger partial charge in [0.2, 0.25) is 0 Å². The molecule has 2 aliphatic heterocycles. The fourth-order valence-corrected chi connectivity index (χ4v) is 4.63. The van der Waals surface area contributed by atoms with Crippen molar-refractivity contribution < 1.29 is 14.6 Å². The summed E-state index contributed by atoms with van der Waals surface area (Å²) in [6, 6.07) is 13.5. The van der Waals surface area contributed by atoms with Gasteiger partial charge in [-0.1, -0.05) is 35.3 Å². The van der Waals surface area contributed by atoms with Crippen LogP contribution < -0.4 is 9.47 Å². The summed E-state index contributed by atoms with van der Waals surface area (Å²) in [6.45, 7) is 6.87. The normalized spacial score (nSPS) is 19.2. The Morgan fingerprint density at radius 1 is 0.844 bits per heavy atom. The van der Waals surface area contributed by atoms with Gasteiger partial charge in [-0.25, -0.2) is 0 Å². The molecule has 2 saturated heterocycles. The zero-order valence-corrected chi connectivity index (χ0v) is 20.0. The number of piperidine rings is 1. The molecule has 2 aromatic carbocycles. The van der Waals surface area contributed by atoms with Gasteiger partial charge in [0.25, 0.3) is 0 Å². The summed E-state index contributed by atoms with van der Waals surface area (Å²) < 4.78 is 11.8. The number of nitrogens with zero attached hydrogens (tertiary/aromatic N) is 2. The average molecular weight is 479 g/mol. The molecule has 0 aliphatic carbocycles. The van der Waals surface area contributed by atoms with Gasteiger partial charge in [0.15, 0.2) is 0 Å². The van der Waals surface area contributed by atoms with Crippen molar-refractivity contribution in [3.05, 3.63) is 58.1 Å². The first-order valence-corrected chi connectivity index (χ1v) is 12.2. The molecule has 0 aromatic heterocycles. The van der Waals surface area contributed by atoms with E-state index >= 15 is 0 Å². The molecule has 2 aromatic rings. The van der Waals surface area contributed by atoms with Gasteiger partial charge < -0.3 is 14.6 Å². The molecule has 1 N–H and O–H groups in total. The zero-order chi connectivity index (χ0) is 22.4. The maximum Gasteiger partial charge on any atom is 0.121 e. The molecule has 0 spiro atoms. The summed E-state index contributed by atoms with van der Waals surface area (Å²) in [5, 5.41) is 11.9. The van der Waals surface area contributed by atoms with Crippen LogP contribution in [0.15, 0.2) is 42.5 Å². The molecule has 2 aliphatic rings. The summed E-state index contributed by atoms with van der Waals surface area (Å²) >= 11 is 12.0. The maximum absolute atomic E-state index is 10.9. The van der Waals surface area contributed by atoms with E-state index in [1.165, 1.54) is 31.5 Å². The van der Waals surface area contributed by atoms with E-state index in [4.69, 9.17) is 32.7 Å². The van der Waals surface area contributed by atoms with Gasteiger partial charge in [-0.2, -0.15) is 0 Å². The lowest BCUT2D eigenvalue weighted by atomic mass is 9.92. The highest BCUT2D eigenvalue weighted by molar-refractivity contribution is 6.42. The Kier molecular flexibility index (Phi) is 8.19. The van der Waals surface area contributed by atoms with Crippen molar-refractivity contribution >= 4 is 23.2 Å².